The van der Waals surface area contributed by atoms with E-state index in [1.807, 2.05) is 0 Å². The van der Waals surface area contributed by atoms with Crippen molar-refractivity contribution in [3.63, 3.8) is 0 Å². The van der Waals surface area contributed by atoms with Crippen LogP contribution in [0.1, 0.15) is 6.92 Å². The van der Waals surface area contributed by atoms with Crippen LogP contribution in [0.4, 0.5) is 5.69 Å². The Balaban J connectivity index is 1.96. The topological polar surface area (TPSA) is 38.3 Å². The van der Waals surface area contributed by atoms with Crippen molar-refractivity contribution in [2.24, 2.45) is 0 Å². The van der Waals surface area contributed by atoms with Gasteiger partial charge in [-0.2, -0.15) is 0 Å². The van der Waals surface area contributed by atoms with Crippen molar-refractivity contribution in [3.8, 4) is 5.75 Å². The second-order valence-electron chi connectivity index (χ2n) is 4.21. The average Bonchev–Trinajstić information content (AvgIpc) is 2.41. The van der Waals surface area contributed by atoms with E-state index in [9.17, 15) is 4.79 Å². The fraction of sp³-hybridized carbons (Fsp3) is 0.133. The molecule has 0 bridgehead atoms. The van der Waals surface area contributed by atoms with Gasteiger partial charge >= 0.3 is 0 Å². The van der Waals surface area contributed by atoms with Crippen molar-refractivity contribution in [1.29, 1.82) is 0 Å². The van der Waals surface area contributed by atoms with Gasteiger partial charge in [-0.3, -0.25) is 4.79 Å². The molecule has 0 radical (unpaired) electrons. The minimum Gasteiger partial charge on any atom is -0.481 e. The van der Waals surface area contributed by atoms with Gasteiger partial charge in [0.15, 0.2) is 6.10 Å². The van der Waals surface area contributed by atoms with Crippen molar-refractivity contribution in [2.45, 2.75) is 13.0 Å². The Morgan fingerprint density at radius 3 is 2.45 bits per heavy atom. The number of amides is 1. The van der Waals surface area contributed by atoms with Crippen molar-refractivity contribution in [2.75, 3.05) is 5.32 Å². The molecule has 0 aromatic heterocycles. The van der Waals surface area contributed by atoms with E-state index >= 15 is 0 Å². The van der Waals surface area contributed by atoms with Gasteiger partial charge < -0.3 is 10.1 Å². The first-order chi connectivity index (χ1) is 9.54. The first-order valence-corrected chi connectivity index (χ1v) is 6.79. The molecule has 0 fully saturated rings. The summed E-state index contributed by atoms with van der Waals surface area (Å²) in [7, 11) is 0. The SMILES string of the molecule is C[C@@H](Oc1cccc(Cl)c1)C(=O)Nc1ccc(Cl)cc1. The summed E-state index contributed by atoms with van der Waals surface area (Å²) >= 11 is 11.6. The molecule has 0 saturated carbocycles. The summed E-state index contributed by atoms with van der Waals surface area (Å²) < 4.78 is 5.53. The van der Waals surface area contributed by atoms with Crippen molar-refractivity contribution in [3.05, 3.63) is 58.6 Å². The number of carbonyl (C=O) groups excluding carboxylic acids is 1. The second kappa shape index (κ2) is 6.64. The largest absolute Gasteiger partial charge is 0.481 e. The molecule has 0 aliphatic carbocycles. The van der Waals surface area contributed by atoms with Crippen LogP contribution in [-0.2, 0) is 4.79 Å². The van der Waals surface area contributed by atoms with Gasteiger partial charge in [-0.25, -0.2) is 0 Å². The second-order valence-corrected chi connectivity index (χ2v) is 5.09. The van der Waals surface area contributed by atoms with E-state index in [0.717, 1.165) is 0 Å². The Bertz CT molecular complexity index is 599. The maximum absolute atomic E-state index is 12.0. The smallest absolute Gasteiger partial charge is 0.265 e. The third-order valence-electron chi connectivity index (χ3n) is 2.59. The molecule has 3 nitrogen and oxygen atoms in total. The third-order valence-corrected chi connectivity index (χ3v) is 3.08. The molecule has 20 heavy (non-hydrogen) atoms. The van der Waals surface area contributed by atoms with Crippen LogP contribution in [0.2, 0.25) is 10.0 Å². The number of hydrogen-bond acceptors (Lipinski definition) is 2. The van der Waals surface area contributed by atoms with E-state index in [0.29, 0.717) is 21.5 Å². The van der Waals surface area contributed by atoms with Gasteiger partial charge in [0.05, 0.1) is 0 Å². The molecule has 1 amide bonds. The zero-order valence-corrected chi connectivity index (χ0v) is 12.3. The molecular formula is C15H13Cl2NO2. The normalized spacial score (nSPS) is 11.8. The first kappa shape index (κ1) is 14.7. The number of halogens is 2. The summed E-state index contributed by atoms with van der Waals surface area (Å²) in [6.07, 6.45) is -0.635. The van der Waals surface area contributed by atoms with E-state index in [4.69, 9.17) is 27.9 Å². The number of nitrogens with one attached hydrogen (secondary N) is 1. The molecule has 1 N–H and O–H groups in total. The lowest BCUT2D eigenvalue weighted by molar-refractivity contribution is -0.122. The highest BCUT2D eigenvalue weighted by atomic mass is 35.5. The van der Waals surface area contributed by atoms with Crippen molar-refractivity contribution in [1.82, 2.24) is 0 Å². The predicted molar refractivity (Wildman–Crippen MR) is 81.6 cm³/mol. The predicted octanol–water partition coefficient (Wildman–Crippen LogP) is 4.40. The Morgan fingerprint density at radius 2 is 1.80 bits per heavy atom. The van der Waals surface area contributed by atoms with Gasteiger partial charge in [0.25, 0.3) is 5.91 Å². The van der Waals surface area contributed by atoms with Crippen LogP contribution in [0.3, 0.4) is 0 Å². The lowest BCUT2D eigenvalue weighted by Gasteiger charge is -2.15. The van der Waals surface area contributed by atoms with Crippen molar-refractivity contribution < 1.29 is 9.53 Å². The maximum atomic E-state index is 12.0. The molecule has 0 unspecified atom stereocenters. The van der Waals surface area contributed by atoms with Gasteiger partial charge in [-0.15, -0.1) is 0 Å². The van der Waals surface area contributed by atoms with E-state index < -0.39 is 6.10 Å². The summed E-state index contributed by atoms with van der Waals surface area (Å²) in [5, 5.41) is 3.93. The Morgan fingerprint density at radius 1 is 1.10 bits per heavy atom. The molecule has 2 rings (SSSR count). The molecule has 0 aliphatic heterocycles. The number of rotatable bonds is 4. The van der Waals surface area contributed by atoms with Crippen LogP contribution < -0.4 is 10.1 Å². The highest BCUT2D eigenvalue weighted by Crippen LogP contribution is 2.19. The molecular weight excluding hydrogens is 297 g/mol. The van der Waals surface area contributed by atoms with E-state index in [-0.39, 0.29) is 5.91 Å². The molecule has 0 spiro atoms. The zero-order valence-electron chi connectivity index (χ0n) is 10.8. The summed E-state index contributed by atoms with van der Waals surface area (Å²) in [5.41, 5.74) is 0.668. The van der Waals surface area contributed by atoms with Gasteiger partial charge in [0.1, 0.15) is 5.75 Å². The Kier molecular flexibility index (Phi) is 4.88. The van der Waals surface area contributed by atoms with Gasteiger partial charge in [0, 0.05) is 15.7 Å². The first-order valence-electron chi connectivity index (χ1n) is 6.03. The molecule has 5 heteroatoms. The molecule has 2 aromatic rings. The summed E-state index contributed by atoms with van der Waals surface area (Å²) in [6.45, 7) is 1.67. The fourth-order valence-corrected chi connectivity index (χ4v) is 1.88. The maximum Gasteiger partial charge on any atom is 0.265 e. The number of benzene rings is 2. The average molecular weight is 310 g/mol. The van der Waals surface area contributed by atoms with E-state index in [1.54, 1.807) is 55.5 Å². The highest BCUT2D eigenvalue weighted by molar-refractivity contribution is 6.31. The van der Waals surface area contributed by atoms with Crippen molar-refractivity contribution >= 4 is 34.8 Å². The van der Waals surface area contributed by atoms with Crippen LogP contribution in [0.15, 0.2) is 48.5 Å². The molecule has 0 aliphatic rings. The minimum absolute atomic E-state index is 0.243. The van der Waals surface area contributed by atoms with E-state index in [2.05, 4.69) is 5.32 Å². The minimum atomic E-state index is -0.635. The number of anilines is 1. The van der Waals surface area contributed by atoms with Crippen LogP contribution in [0.25, 0.3) is 0 Å². The Labute approximate surface area is 127 Å². The monoisotopic (exact) mass is 309 g/mol. The summed E-state index contributed by atoms with van der Waals surface area (Å²) in [4.78, 5) is 12.0. The Hall–Kier alpha value is -1.71. The molecule has 0 saturated heterocycles. The molecule has 1 atom stereocenters. The highest BCUT2D eigenvalue weighted by Gasteiger charge is 2.14. The van der Waals surface area contributed by atoms with Crippen LogP contribution in [0, 0.1) is 0 Å². The van der Waals surface area contributed by atoms with Gasteiger partial charge in [0.2, 0.25) is 0 Å². The number of hydrogen-bond donors (Lipinski definition) is 1. The van der Waals surface area contributed by atoms with Gasteiger partial charge in [-0.05, 0) is 49.4 Å². The quantitative estimate of drug-likeness (QED) is 0.909. The summed E-state index contributed by atoms with van der Waals surface area (Å²) in [6, 6.07) is 13.8. The van der Waals surface area contributed by atoms with Crippen LogP contribution in [0.5, 0.6) is 5.75 Å². The summed E-state index contributed by atoms with van der Waals surface area (Å²) in [5.74, 6) is 0.309. The standard InChI is InChI=1S/C15H13Cl2NO2/c1-10(20-14-4-2-3-12(17)9-14)15(19)18-13-7-5-11(16)6-8-13/h2-10H,1H3,(H,18,19)/t10-/m1/s1. The molecule has 104 valence electrons. The zero-order chi connectivity index (χ0) is 14.5. The molecule has 0 heterocycles. The van der Waals surface area contributed by atoms with E-state index in [1.165, 1.54) is 0 Å². The lowest BCUT2D eigenvalue weighted by Crippen LogP contribution is -2.30. The third kappa shape index (κ3) is 4.15. The number of carbonyl (C=O) groups is 1. The number of ether oxygens (including phenoxy) is 1. The fourth-order valence-electron chi connectivity index (χ4n) is 1.58. The van der Waals surface area contributed by atoms with Crippen LogP contribution in [-0.4, -0.2) is 12.0 Å². The lowest BCUT2D eigenvalue weighted by atomic mass is 10.3. The van der Waals surface area contributed by atoms with Gasteiger partial charge in [-0.1, -0.05) is 29.3 Å². The molecule has 2 aromatic carbocycles. The van der Waals surface area contributed by atoms with Crippen LogP contribution >= 0.6 is 23.2 Å².